The van der Waals surface area contributed by atoms with Gasteiger partial charge in [-0.1, -0.05) is 72.8 Å². The number of nitrogens with zero attached hydrogens (tertiary/aromatic N) is 1. The van der Waals surface area contributed by atoms with Crippen LogP contribution in [0.25, 0.3) is 5.57 Å². The first-order valence-electron chi connectivity index (χ1n) is 10.6. The van der Waals surface area contributed by atoms with Gasteiger partial charge in [-0.05, 0) is 34.4 Å². The van der Waals surface area contributed by atoms with Crippen LogP contribution in [0.3, 0.4) is 0 Å². The van der Waals surface area contributed by atoms with Gasteiger partial charge in [-0.25, -0.2) is 0 Å². The van der Waals surface area contributed by atoms with Crippen molar-refractivity contribution in [3.05, 3.63) is 114 Å². The average Bonchev–Trinajstić information content (AvgIpc) is 3.58. The highest BCUT2D eigenvalue weighted by Gasteiger charge is 2.62. The molecule has 2 heterocycles. The summed E-state index contributed by atoms with van der Waals surface area (Å²) in [6.07, 6.45) is 5.84. The van der Waals surface area contributed by atoms with Crippen LogP contribution in [-0.4, -0.2) is 16.7 Å². The molecule has 0 unspecified atom stereocenters. The quantitative estimate of drug-likeness (QED) is 0.465. The third kappa shape index (κ3) is 2.68. The van der Waals surface area contributed by atoms with Crippen molar-refractivity contribution in [1.82, 2.24) is 4.90 Å². The minimum atomic E-state index is -0.324. The smallest absolute Gasteiger partial charge is 0.234 e. The molecule has 3 aromatic rings. The fourth-order valence-corrected chi connectivity index (χ4v) is 5.58. The van der Waals surface area contributed by atoms with Gasteiger partial charge in [0.2, 0.25) is 11.8 Å². The van der Waals surface area contributed by atoms with E-state index in [2.05, 4.69) is 36.4 Å². The molecule has 3 aliphatic rings. The Balaban J connectivity index is 1.45. The van der Waals surface area contributed by atoms with Gasteiger partial charge in [0.05, 0.1) is 24.6 Å². The molecule has 0 radical (unpaired) electrons. The summed E-state index contributed by atoms with van der Waals surface area (Å²) in [6.45, 7) is 0.209. The summed E-state index contributed by atoms with van der Waals surface area (Å²) in [6, 6.07) is 24.2. The monoisotopic (exact) mass is 407 g/mol. The first-order valence-corrected chi connectivity index (χ1v) is 10.6. The van der Waals surface area contributed by atoms with Gasteiger partial charge < -0.3 is 4.42 Å². The number of fused-ring (bicyclic) bond motifs is 5. The van der Waals surface area contributed by atoms with Crippen LogP contribution in [0.15, 0.2) is 101 Å². The number of amides is 2. The third-order valence-electron chi connectivity index (χ3n) is 6.81. The SMILES string of the molecule is O=C1[C@H]2[C@H](C(=O)N1Cc1ccco1)[C@H]1C=C[C@@H]2C1=C(c1ccccc1)c1ccccc1. The summed E-state index contributed by atoms with van der Waals surface area (Å²) in [7, 11) is 0. The van der Waals surface area contributed by atoms with E-state index in [1.165, 1.54) is 10.5 Å². The Morgan fingerprint density at radius 1 is 0.742 bits per heavy atom. The van der Waals surface area contributed by atoms with Gasteiger partial charge in [0.1, 0.15) is 5.76 Å². The van der Waals surface area contributed by atoms with Gasteiger partial charge in [-0.3, -0.25) is 14.5 Å². The molecule has 6 rings (SSSR count). The highest BCUT2D eigenvalue weighted by Crippen LogP contribution is 2.58. The van der Waals surface area contributed by atoms with Gasteiger partial charge in [0.25, 0.3) is 0 Å². The van der Waals surface area contributed by atoms with E-state index in [1.54, 1.807) is 18.4 Å². The predicted molar refractivity (Wildman–Crippen MR) is 116 cm³/mol. The molecule has 1 saturated heterocycles. The van der Waals surface area contributed by atoms with Crippen LogP contribution in [0.5, 0.6) is 0 Å². The Labute approximate surface area is 180 Å². The number of likely N-dealkylation sites (tertiary alicyclic amines) is 1. The number of allylic oxidation sites excluding steroid dienone is 3. The van der Waals surface area contributed by atoms with Crippen LogP contribution in [0.1, 0.15) is 16.9 Å². The minimum Gasteiger partial charge on any atom is -0.467 e. The van der Waals surface area contributed by atoms with E-state index in [0.29, 0.717) is 5.76 Å². The van der Waals surface area contributed by atoms with Crippen LogP contribution >= 0.6 is 0 Å². The molecule has 2 aromatic carbocycles. The molecule has 1 aliphatic heterocycles. The second-order valence-electron chi connectivity index (χ2n) is 8.39. The van der Waals surface area contributed by atoms with Gasteiger partial charge in [-0.2, -0.15) is 0 Å². The molecule has 31 heavy (non-hydrogen) atoms. The summed E-state index contributed by atoms with van der Waals surface area (Å²) in [5.41, 5.74) is 4.59. The number of furan rings is 1. The molecule has 1 saturated carbocycles. The first kappa shape index (κ1) is 18.1. The second-order valence-corrected chi connectivity index (χ2v) is 8.39. The predicted octanol–water partition coefficient (Wildman–Crippen LogP) is 4.70. The Hall–Kier alpha value is -3.66. The molecule has 2 fully saturated rings. The first-order chi connectivity index (χ1) is 15.2. The van der Waals surface area contributed by atoms with E-state index in [0.717, 1.165) is 16.7 Å². The number of carbonyl (C=O) groups is 2. The van der Waals surface area contributed by atoms with Crippen molar-refractivity contribution >= 4 is 17.4 Å². The van der Waals surface area contributed by atoms with E-state index >= 15 is 0 Å². The Bertz CT molecular complexity index is 1130. The Kier molecular flexibility index (Phi) is 4.06. The standard InChI is InChI=1S/C27H21NO3/c29-26-24-20-13-14-21(25(24)27(30)28(26)16-19-12-7-15-31-19)23(20)22(17-8-3-1-4-9-17)18-10-5-2-6-11-18/h1-15,20-21,24-25H,16H2/t20-,21+,24-,25-/m1/s1. The average molecular weight is 407 g/mol. The Morgan fingerprint density at radius 2 is 1.29 bits per heavy atom. The van der Waals surface area contributed by atoms with Gasteiger partial charge in [-0.15, -0.1) is 0 Å². The number of imide groups is 1. The van der Waals surface area contributed by atoms with Crippen molar-refractivity contribution in [3.8, 4) is 0 Å². The molecule has 2 amide bonds. The fraction of sp³-hybridized carbons (Fsp3) is 0.185. The molecular formula is C27H21NO3. The highest BCUT2D eigenvalue weighted by atomic mass is 16.3. The maximum Gasteiger partial charge on any atom is 0.234 e. The largest absolute Gasteiger partial charge is 0.467 e. The zero-order valence-corrected chi connectivity index (χ0v) is 16.8. The lowest BCUT2D eigenvalue weighted by Crippen LogP contribution is -2.32. The van der Waals surface area contributed by atoms with Gasteiger partial charge in [0.15, 0.2) is 0 Å². The van der Waals surface area contributed by atoms with Crippen LogP contribution in [-0.2, 0) is 16.1 Å². The van der Waals surface area contributed by atoms with Crippen LogP contribution in [0.4, 0.5) is 0 Å². The van der Waals surface area contributed by atoms with Crippen molar-refractivity contribution < 1.29 is 14.0 Å². The van der Waals surface area contributed by atoms with Crippen molar-refractivity contribution in [2.45, 2.75) is 6.54 Å². The molecule has 4 heteroatoms. The number of hydrogen-bond donors (Lipinski definition) is 0. The number of rotatable bonds is 4. The van der Waals surface area contributed by atoms with E-state index in [-0.39, 0.29) is 42.0 Å². The second kappa shape index (κ2) is 6.95. The topological polar surface area (TPSA) is 50.5 Å². The molecule has 0 N–H and O–H groups in total. The lowest BCUT2D eigenvalue weighted by Gasteiger charge is -2.21. The maximum absolute atomic E-state index is 13.4. The molecular weight excluding hydrogens is 386 g/mol. The summed E-state index contributed by atoms with van der Waals surface area (Å²) in [5, 5.41) is 0. The molecule has 152 valence electrons. The highest BCUT2D eigenvalue weighted by molar-refractivity contribution is 6.08. The fourth-order valence-electron chi connectivity index (χ4n) is 5.58. The molecule has 2 aliphatic carbocycles. The lowest BCUT2D eigenvalue weighted by atomic mass is 9.85. The van der Waals surface area contributed by atoms with Crippen molar-refractivity contribution in [2.24, 2.45) is 23.7 Å². The summed E-state index contributed by atoms with van der Waals surface area (Å²) in [5.74, 6) is -0.286. The van der Waals surface area contributed by atoms with Gasteiger partial charge >= 0.3 is 0 Å². The molecule has 2 bridgehead atoms. The van der Waals surface area contributed by atoms with Crippen LogP contribution in [0.2, 0.25) is 0 Å². The molecule has 0 spiro atoms. The summed E-state index contributed by atoms with van der Waals surface area (Å²) < 4.78 is 5.39. The zero-order chi connectivity index (χ0) is 20.9. The number of carbonyl (C=O) groups excluding carboxylic acids is 2. The molecule has 4 atom stereocenters. The number of hydrogen-bond acceptors (Lipinski definition) is 3. The van der Waals surface area contributed by atoms with E-state index in [1.807, 2.05) is 36.4 Å². The third-order valence-corrected chi connectivity index (χ3v) is 6.81. The van der Waals surface area contributed by atoms with Crippen molar-refractivity contribution in [3.63, 3.8) is 0 Å². The molecule has 1 aromatic heterocycles. The van der Waals surface area contributed by atoms with E-state index in [4.69, 9.17) is 4.42 Å². The van der Waals surface area contributed by atoms with E-state index in [9.17, 15) is 9.59 Å². The molecule has 4 nitrogen and oxygen atoms in total. The summed E-state index contributed by atoms with van der Waals surface area (Å²) in [4.78, 5) is 28.1. The summed E-state index contributed by atoms with van der Waals surface area (Å²) >= 11 is 0. The van der Waals surface area contributed by atoms with Crippen molar-refractivity contribution in [1.29, 1.82) is 0 Å². The van der Waals surface area contributed by atoms with Crippen LogP contribution < -0.4 is 0 Å². The number of benzene rings is 2. The van der Waals surface area contributed by atoms with Crippen LogP contribution in [0, 0.1) is 23.7 Å². The maximum atomic E-state index is 13.4. The Morgan fingerprint density at radius 3 is 1.77 bits per heavy atom. The van der Waals surface area contributed by atoms with Gasteiger partial charge in [0, 0.05) is 11.8 Å². The lowest BCUT2D eigenvalue weighted by molar-refractivity contribution is -0.141. The normalized spacial score (nSPS) is 26.1. The minimum absolute atomic E-state index is 0.0523. The van der Waals surface area contributed by atoms with E-state index < -0.39 is 0 Å². The van der Waals surface area contributed by atoms with Crippen molar-refractivity contribution in [2.75, 3.05) is 0 Å². The zero-order valence-electron chi connectivity index (χ0n) is 16.8.